The van der Waals surface area contributed by atoms with Crippen molar-refractivity contribution in [2.24, 2.45) is 0 Å². The van der Waals surface area contributed by atoms with Gasteiger partial charge in [-0.05, 0) is 61.1 Å². The third kappa shape index (κ3) is 9.04. The Hall–Kier alpha value is -5.68. The summed E-state index contributed by atoms with van der Waals surface area (Å²) in [6, 6.07) is 12.6. The van der Waals surface area contributed by atoms with Gasteiger partial charge in [0.1, 0.15) is 23.3 Å². The van der Waals surface area contributed by atoms with Crippen LogP contribution >= 0.6 is 0 Å². The average molecular weight is 746 g/mol. The molecule has 10 nitrogen and oxygen atoms in total. The Balaban J connectivity index is 0.000000181. The van der Waals surface area contributed by atoms with E-state index in [1.54, 1.807) is 24.3 Å². The van der Waals surface area contributed by atoms with Gasteiger partial charge in [-0.2, -0.15) is 26.3 Å². The fraction of sp³-hybridized carbons (Fsp3) is 0.314. The van der Waals surface area contributed by atoms with Gasteiger partial charge in [-0.15, -0.1) is 10.2 Å². The Kier molecular flexibility index (Phi) is 10.1. The summed E-state index contributed by atoms with van der Waals surface area (Å²) in [4.78, 5) is 39.2. The second-order valence-corrected chi connectivity index (χ2v) is 12.7. The van der Waals surface area contributed by atoms with Gasteiger partial charge < -0.3 is 9.73 Å². The lowest BCUT2D eigenvalue weighted by Gasteiger charge is -2.14. The Bertz CT molecular complexity index is 2060. The van der Waals surface area contributed by atoms with Gasteiger partial charge in [0.25, 0.3) is 5.89 Å². The minimum Gasteiger partial charge on any atom is -0.413 e. The first kappa shape index (κ1) is 37.1. The van der Waals surface area contributed by atoms with Crippen LogP contribution < -0.4 is 5.32 Å². The maximum absolute atomic E-state index is 13.1. The number of benzene rings is 2. The molecule has 2 aliphatic carbocycles. The maximum Gasteiger partial charge on any atom is 0.471 e. The molecule has 3 heterocycles. The fourth-order valence-electron chi connectivity index (χ4n) is 5.61. The number of nitrogens with zero attached hydrogens (tertiary/aromatic N) is 6. The number of aromatic nitrogens is 6. The van der Waals surface area contributed by atoms with Crippen molar-refractivity contribution < 1.29 is 49.1 Å². The molecule has 0 bridgehead atoms. The Labute approximate surface area is 295 Å². The molecule has 18 heteroatoms. The molecule has 0 aliphatic heterocycles. The van der Waals surface area contributed by atoms with Gasteiger partial charge in [0.2, 0.25) is 0 Å². The normalized spacial score (nSPS) is 15.5. The van der Waals surface area contributed by atoms with E-state index in [1.807, 2.05) is 0 Å². The van der Waals surface area contributed by atoms with Crippen molar-refractivity contribution in [1.29, 1.82) is 0 Å². The summed E-state index contributed by atoms with van der Waals surface area (Å²) in [6.07, 6.45) is 0.223. The van der Waals surface area contributed by atoms with E-state index in [2.05, 4.69) is 34.6 Å². The Morgan fingerprint density at radius 3 is 1.53 bits per heavy atom. The van der Waals surface area contributed by atoms with Crippen LogP contribution in [0.1, 0.15) is 64.7 Å². The zero-order valence-corrected chi connectivity index (χ0v) is 27.3. The van der Waals surface area contributed by atoms with E-state index in [4.69, 9.17) is 0 Å². The average Bonchev–Trinajstić information content (AvgIpc) is 4.03. The molecule has 2 fully saturated rings. The van der Waals surface area contributed by atoms with Gasteiger partial charge in [-0.25, -0.2) is 28.7 Å². The van der Waals surface area contributed by atoms with Crippen molar-refractivity contribution >= 4 is 11.7 Å². The van der Waals surface area contributed by atoms with Crippen molar-refractivity contribution in [3.05, 3.63) is 119 Å². The van der Waals surface area contributed by atoms with Crippen LogP contribution in [0.25, 0.3) is 11.5 Å². The topological polar surface area (TPSA) is 137 Å². The lowest BCUT2D eigenvalue weighted by molar-refractivity contribution is -0.173. The molecule has 2 aliphatic rings. The number of Topliss-reactive ketones (excluding diaryl/α,β-unsaturated/α-hetero) is 1. The predicted octanol–water partition coefficient (Wildman–Crippen LogP) is 6.71. The van der Waals surface area contributed by atoms with Crippen molar-refractivity contribution in [3.63, 3.8) is 0 Å². The molecule has 0 spiro atoms. The number of nitrogens with one attached hydrogen (secondary N) is 1. The number of carbonyl (C=O) groups is 2. The van der Waals surface area contributed by atoms with Gasteiger partial charge in [-0.1, -0.05) is 24.3 Å². The number of alkyl halides is 6. The second-order valence-electron chi connectivity index (χ2n) is 12.7. The lowest BCUT2D eigenvalue weighted by atomic mass is 9.92. The third-order valence-corrected chi connectivity index (χ3v) is 8.93. The van der Waals surface area contributed by atoms with Gasteiger partial charge in [0.05, 0.1) is 17.7 Å². The Morgan fingerprint density at radius 1 is 0.679 bits per heavy atom. The molecule has 2 aromatic carbocycles. The molecule has 0 saturated heterocycles. The van der Waals surface area contributed by atoms with Gasteiger partial charge in [0, 0.05) is 48.5 Å². The van der Waals surface area contributed by atoms with Crippen LogP contribution in [0.5, 0.6) is 0 Å². The van der Waals surface area contributed by atoms with Gasteiger partial charge in [0.15, 0.2) is 5.78 Å². The molecule has 5 aromatic rings. The number of halogens is 8. The van der Waals surface area contributed by atoms with Crippen LogP contribution in [0, 0.1) is 11.6 Å². The summed E-state index contributed by atoms with van der Waals surface area (Å²) in [5.74, 6) is -4.18. The quantitative estimate of drug-likeness (QED) is 0.122. The standard InChI is InChI=1S/C18H15F4N3O2.C17H12F4N4O/c19-13-3-1-12(2-4-13)17(5-6-17)7-15-23-8-11(9-24-15)14(26)10-25-16(27)18(20,21)22;18-12-3-1-11(2-4-12)16(5-6-16)7-13-22-8-10(9-23-13)14-24-25-15(26-14)17(19,20)21/h1-4,8-9H,5-7,10H2,(H,25,27);1-4,8-9H,5-7H2. The number of rotatable bonds is 10. The molecular weight excluding hydrogens is 718 g/mol. The Morgan fingerprint density at radius 2 is 1.13 bits per heavy atom. The molecule has 276 valence electrons. The van der Waals surface area contributed by atoms with Crippen LogP contribution in [-0.2, 0) is 34.6 Å². The SMILES string of the molecule is Fc1ccc(C2(Cc3ncc(-c4nnc(C(F)(F)F)o4)cn3)CC2)cc1.O=C(CNC(=O)C(F)(F)F)c1cnc(CC2(c3ccc(F)cc3)CC2)nc1. The largest absolute Gasteiger partial charge is 0.471 e. The van der Waals surface area contributed by atoms with Crippen LogP contribution in [-0.4, -0.2) is 54.5 Å². The fourth-order valence-corrected chi connectivity index (χ4v) is 5.61. The smallest absolute Gasteiger partial charge is 0.413 e. The van der Waals surface area contributed by atoms with E-state index in [1.165, 1.54) is 54.4 Å². The van der Waals surface area contributed by atoms with Gasteiger partial charge in [-0.3, -0.25) is 9.59 Å². The minimum atomic E-state index is -5.04. The summed E-state index contributed by atoms with van der Waals surface area (Å²) >= 11 is 0. The molecule has 7 rings (SSSR count). The molecule has 1 N–H and O–H groups in total. The van der Waals surface area contributed by atoms with E-state index in [-0.39, 0.29) is 39.5 Å². The van der Waals surface area contributed by atoms with Crippen LogP contribution in [0.3, 0.4) is 0 Å². The summed E-state index contributed by atoms with van der Waals surface area (Å²) in [5, 5.41) is 7.86. The van der Waals surface area contributed by atoms with E-state index < -0.39 is 36.5 Å². The number of amides is 1. The summed E-state index contributed by atoms with van der Waals surface area (Å²) in [7, 11) is 0. The number of hydrogen-bond acceptors (Lipinski definition) is 9. The lowest BCUT2D eigenvalue weighted by Crippen LogP contribution is -2.39. The highest BCUT2D eigenvalue weighted by atomic mass is 19.4. The maximum atomic E-state index is 13.1. The van der Waals surface area contributed by atoms with Crippen LogP contribution in [0.2, 0.25) is 0 Å². The molecule has 2 saturated carbocycles. The molecular formula is C35H27F8N7O3. The van der Waals surface area contributed by atoms with Crippen molar-refractivity contribution in [3.8, 4) is 11.5 Å². The monoisotopic (exact) mass is 745 g/mol. The van der Waals surface area contributed by atoms with Crippen molar-refractivity contribution in [2.75, 3.05) is 6.54 Å². The number of carbonyl (C=O) groups excluding carboxylic acids is 2. The molecule has 0 unspecified atom stereocenters. The molecule has 0 radical (unpaired) electrons. The summed E-state index contributed by atoms with van der Waals surface area (Å²) in [5.41, 5.74) is 1.97. The number of hydrogen-bond donors (Lipinski definition) is 1. The highest BCUT2D eigenvalue weighted by molar-refractivity contribution is 5.99. The second kappa shape index (κ2) is 14.4. The minimum absolute atomic E-state index is 0.00727. The first-order chi connectivity index (χ1) is 25.1. The number of ketones is 1. The van der Waals surface area contributed by atoms with Gasteiger partial charge >= 0.3 is 24.2 Å². The van der Waals surface area contributed by atoms with Crippen LogP contribution in [0.4, 0.5) is 35.1 Å². The predicted molar refractivity (Wildman–Crippen MR) is 168 cm³/mol. The first-order valence-corrected chi connectivity index (χ1v) is 16.0. The van der Waals surface area contributed by atoms with E-state index in [0.717, 1.165) is 36.8 Å². The van der Waals surface area contributed by atoms with E-state index in [0.29, 0.717) is 24.5 Å². The first-order valence-electron chi connectivity index (χ1n) is 16.0. The zero-order chi connectivity index (χ0) is 38.0. The molecule has 3 aromatic heterocycles. The highest BCUT2D eigenvalue weighted by Crippen LogP contribution is 2.51. The molecule has 1 amide bonds. The summed E-state index contributed by atoms with van der Waals surface area (Å²) < 4.78 is 105. The highest BCUT2D eigenvalue weighted by Gasteiger charge is 2.46. The molecule has 0 atom stereocenters. The van der Waals surface area contributed by atoms with E-state index in [9.17, 15) is 44.7 Å². The van der Waals surface area contributed by atoms with E-state index >= 15 is 0 Å². The van der Waals surface area contributed by atoms with Crippen molar-refractivity contribution in [1.82, 2.24) is 35.5 Å². The molecule has 53 heavy (non-hydrogen) atoms. The van der Waals surface area contributed by atoms with Crippen LogP contribution in [0.15, 0.2) is 77.7 Å². The summed E-state index contributed by atoms with van der Waals surface area (Å²) in [6.45, 7) is -0.791. The third-order valence-electron chi connectivity index (χ3n) is 8.93. The zero-order valence-electron chi connectivity index (χ0n) is 27.3. The van der Waals surface area contributed by atoms with Crippen molar-refractivity contribution in [2.45, 2.75) is 61.7 Å².